The highest BCUT2D eigenvalue weighted by Gasteiger charge is 2.20. The first-order chi connectivity index (χ1) is 9.74. The molecule has 0 saturated heterocycles. The number of benzene rings is 1. The van der Waals surface area contributed by atoms with Crippen LogP contribution in [-0.2, 0) is 0 Å². The van der Waals surface area contributed by atoms with Crippen molar-refractivity contribution in [2.24, 2.45) is 5.92 Å². The molecule has 1 N–H and O–H groups in total. The molecule has 1 aliphatic rings. The zero-order valence-electron chi connectivity index (χ0n) is 12.6. The van der Waals surface area contributed by atoms with E-state index < -0.39 is 0 Å². The molecule has 20 heavy (non-hydrogen) atoms. The Morgan fingerprint density at radius 2 is 2.05 bits per heavy atom. The first-order valence-corrected chi connectivity index (χ1v) is 8.19. The minimum Gasteiger partial charge on any atom is -0.495 e. The van der Waals surface area contributed by atoms with Gasteiger partial charge in [0.15, 0.2) is 0 Å². The van der Waals surface area contributed by atoms with Gasteiger partial charge in [0.25, 0.3) is 0 Å². The molecule has 0 bridgehead atoms. The second kappa shape index (κ2) is 7.90. The molecular weight excluding hydrogens is 270 g/mol. The summed E-state index contributed by atoms with van der Waals surface area (Å²) in [6.07, 6.45) is 8.19. The summed E-state index contributed by atoms with van der Waals surface area (Å²) in [4.78, 5) is 0. The van der Waals surface area contributed by atoms with Crippen LogP contribution in [-0.4, -0.2) is 13.7 Å². The predicted molar refractivity (Wildman–Crippen MR) is 85.6 cm³/mol. The smallest absolute Gasteiger partial charge is 0.137 e. The fraction of sp³-hybridized carbons (Fsp3) is 0.647. The lowest BCUT2D eigenvalue weighted by Gasteiger charge is -2.27. The summed E-state index contributed by atoms with van der Waals surface area (Å²) < 4.78 is 5.34. The molecule has 112 valence electrons. The first-order valence-electron chi connectivity index (χ1n) is 7.81. The molecule has 1 aromatic rings. The lowest BCUT2D eigenvalue weighted by molar-refractivity contribution is 0.301. The van der Waals surface area contributed by atoms with Crippen molar-refractivity contribution in [2.75, 3.05) is 13.7 Å². The summed E-state index contributed by atoms with van der Waals surface area (Å²) >= 11 is 6.12. The van der Waals surface area contributed by atoms with Crippen molar-refractivity contribution in [2.45, 2.75) is 51.5 Å². The van der Waals surface area contributed by atoms with E-state index in [2.05, 4.69) is 24.4 Å². The minimum absolute atomic E-state index is 0.411. The Labute approximate surface area is 127 Å². The van der Waals surface area contributed by atoms with Crippen LogP contribution in [0, 0.1) is 5.92 Å². The van der Waals surface area contributed by atoms with Crippen LogP contribution in [0.1, 0.15) is 57.1 Å². The third-order valence-corrected chi connectivity index (χ3v) is 4.63. The van der Waals surface area contributed by atoms with Gasteiger partial charge in [0, 0.05) is 6.04 Å². The van der Waals surface area contributed by atoms with Crippen LogP contribution in [0.15, 0.2) is 18.2 Å². The third kappa shape index (κ3) is 4.13. The molecule has 0 radical (unpaired) electrons. The van der Waals surface area contributed by atoms with Crippen LogP contribution in [0.3, 0.4) is 0 Å². The first kappa shape index (κ1) is 15.7. The Bertz CT molecular complexity index is 415. The highest BCUT2D eigenvalue weighted by atomic mass is 35.5. The molecule has 0 spiro atoms. The molecule has 1 saturated carbocycles. The maximum atomic E-state index is 6.12. The van der Waals surface area contributed by atoms with Gasteiger partial charge in [0.1, 0.15) is 5.75 Å². The van der Waals surface area contributed by atoms with E-state index in [-0.39, 0.29) is 0 Å². The Kier molecular flexibility index (Phi) is 6.18. The van der Waals surface area contributed by atoms with Crippen LogP contribution in [0.25, 0.3) is 0 Å². The lowest BCUT2D eigenvalue weighted by Crippen LogP contribution is -2.24. The van der Waals surface area contributed by atoms with Gasteiger partial charge in [0.2, 0.25) is 0 Å². The molecule has 2 rings (SSSR count). The van der Waals surface area contributed by atoms with Crippen molar-refractivity contribution < 1.29 is 4.74 Å². The van der Waals surface area contributed by atoms with Crippen molar-refractivity contribution in [3.8, 4) is 5.75 Å². The Morgan fingerprint density at radius 3 is 2.70 bits per heavy atom. The molecule has 2 nitrogen and oxygen atoms in total. The average molecular weight is 296 g/mol. The molecule has 0 amide bonds. The van der Waals surface area contributed by atoms with Gasteiger partial charge in [-0.25, -0.2) is 0 Å². The number of hydrogen-bond donors (Lipinski definition) is 1. The fourth-order valence-electron chi connectivity index (χ4n) is 3.23. The minimum atomic E-state index is 0.411. The number of halogens is 1. The van der Waals surface area contributed by atoms with Crippen molar-refractivity contribution in [3.63, 3.8) is 0 Å². The normalized spacial score (nSPS) is 17.9. The van der Waals surface area contributed by atoms with E-state index in [0.29, 0.717) is 11.1 Å². The summed E-state index contributed by atoms with van der Waals surface area (Å²) in [5.41, 5.74) is 1.29. The summed E-state index contributed by atoms with van der Waals surface area (Å²) in [6, 6.07) is 6.56. The van der Waals surface area contributed by atoms with Gasteiger partial charge in [-0.2, -0.15) is 0 Å². The van der Waals surface area contributed by atoms with Crippen LogP contribution in [0.2, 0.25) is 5.02 Å². The number of nitrogens with one attached hydrogen (secondary N) is 1. The molecule has 3 heteroatoms. The molecule has 1 atom stereocenters. The van der Waals surface area contributed by atoms with Crippen LogP contribution in [0.5, 0.6) is 5.75 Å². The summed E-state index contributed by atoms with van der Waals surface area (Å²) in [6.45, 7) is 3.16. The van der Waals surface area contributed by atoms with Gasteiger partial charge >= 0.3 is 0 Å². The largest absolute Gasteiger partial charge is 0.495 e. The van der Waals surface area contributed by atoms with Crippen molar-refractivity contribution >= 4 is 11.6 Å². The van der Waals surface area contributed by atoms with Crippen LogP contribution in [0.4, 0.5) is 0 Å². The summed E-state index contributed by atoms with van der Waals surface area (Å²) in [5, 5.41) is 4.30. The third-order valence-electron chi connectivity index (χ3n) is 4.32. The van der Waals surface area contributed by atoms with Crippen molar-refractivity contribution in [1.82, 2.24) is 5.32 Å². The van der Waals surface area contributed by atoms with E-state index >= 15 is 0 Å². The van der Waals surface area contributed by atoms with E-state index in [0.717, 1.165) is 18.2 Å². The Balaban J connectivity index is 2.10. The second-order valence-corrected chi connectivity index (χ2v) is 6.15. The number of ether oxygens (including phenoxy) is 1. The quantitative estimate of drug-likeness (QED) is 0.800. The monoisotopic (exact) mass is 295 g/mol. The molecule has 0 aliphatic heterocycles. The Hall–Kier alpha value is -0.730. The van der Waals surface area contributed by atoms with E-state index in [1.165, 1.54) is 44.1 Å². The van der Waals surface area contributed by atoms with Crippen LogP contribution >= 0.6 is 11.6 Å². The summed E-state index contributed by atoms with van der Waals surface area (Å²) in [7, 11) is 1.67. The number of hydrogen-bond acceptors (Lipinski definition) is 2. The summed E-state index contributed by atoms with van der Waals surface area (Å²) in [5.74, 6) is 1.63. The molecule has 0 heterocycles. The maximum Gasteiger partial charge on any atom is 0.137 e. The van der Waals surface area contributed by atoms with Gasteiger partial charge < -0.3 is 10.1 Å². The van der Waals surface area contributed by atoms with E-state index in [1.807, 2.05) is 6.07 Å². The highest BCUT2D eigenvalue weighted by molar-refractivity contribution is 6.32. The number of methoxy groups -OCH3 is 1. The van der Waals surface area contributed by atoms with E-state index in [1.54, 1.807) is 7.11 Å². The predicted octanol–water partition coefficient (Wildman–Crippen LogP) is 4.97. The topological polar surface area (TPSA) is 21.3 Å². The van der Waals surface area contributed by atoms with Gasteiger partial charge in [-0.3, -0.25) is 0 Å². The molecule has 1 fully saturated rings. The molecule has 1 aromatic carbocycles. The Morgan fingerprint density at radius 1 is 1.30 bits per heavy atom. The highest BCUT2D eigenvalue weighted by Crippen LogP contribution is 2.34. The maximum absolute atomic E-state index is 6.12. The lowest BCUT2D eigenvalue weighted by atomic mass is 9.83. The van der Waals surface area contributed by atoms with Crippen LogP contribution < -0.4 is 10.1 Å². The van der Waals surface area contributed by atoms with Gasteiger partial charge in [-0.1, -0.05) is 56.7 Å². The second-order valence-electron chi connectivity index (χ2n) is 5.74. The number of rotatable bonds is 6. The SMILES string of the molecule is CCNC(CC1CCCCC1)c1ccc(Cl)c(OC)c1. The molecular formula is C17H26ClNO. The molecule has 1 aliphatic carbocycles. The van der Waals surface area contributed by atoms with Gasteiger partial charge in [0.05, 0.1) is 12.1 Å². The van der Waals surface area contributed by atoms with E-state index in [9.17, 15) is 0 Å². The molecule has 1 unspecified atom stereocenters. The zero-order valence-corrected chi connectivity index (χ0v) is 13.4. The van der Waals surface area contributed by atoms with E-state index in [4.69, 9.17) is 16.3 Å². The fourth-order valence-corrected chi connectivity index (χ4v) is 3.43. The standard InChI is InChI=1S/C17H26ClNO/c1-3-19-16(11-13-7-5-4-6-8-13)14-9-10-15(18)17(12-14)20-2/h9-10,12-13,16,19H,3-8,11H2,1-2H3. The zero-order chi connectivity index (χ0) is 14.4. The van der Waals surface area contributed by atoms with Gasteiger partial charge in [-0.15, -0.1) is 0 Å². The molecule has 0 aromatic heterocycles. The van der Waals surface area contributed by atoms with Gasteiger partial charge in [-0.05, 0) is 36.6 Å². The average Bonchev–Trinajstić information content (AvgIpc) is 2.48. The van der Waals surface area contributed by atoms with Crippen molar-refractivity contribution in [3.05, 3.63) is 28.8 Å². The van der Waals surface area contributed by atoms with Crippen molar-refractivity contribution in [1.29, 1.82) is 0 Å².